The molecule has 0 spiro atoms. The maximum absolute atomic E-state index is 11.0. The topological polar surface area (TPSA) is 50.4 Å². The van der Waals surface area contributed by atoms with Gasteiger partial charge in [0.25, 0.3) is 0 Å². The lowest BCUT2D eigenvalue weighted by atomic mass is 10.1. The summed E-state index contributed by atoms with van der Waals surface area (Å²) in [7, 11) is 1.73. The Bertz CT molecular complexity index is 152. The fraction of sp³-hybridized carbons (Fsp3) is 0.909. The molecule has 0 atom stereocenters. The Morgan fingerprint density at radius 3 is 2.40 bits per heavy atom. The predicted octanol–water partition coefficient (Wildman–Crippen LogP) is 1.90. The van der Waals surface area contributed by atoms with Gasteiger partial charge in [-0.1, -0.05) is 19.3 Å². The summed E-state index contributed by atoms with van der Waals surface area (Å²) in [5.74, 6) is 0. The molecule has 0 rings (SSSR count). The van der Waals surface area contributed by atoms with Gasteiger partial charge in [-0.15, -0.1) is 0 Å². The number of unbranched alkanes of at least 4 members (excludes halogenated alkanes) is 4. The molecule has 0 aliphatic carbocycles. The fourth-order valence-corrected chi connectivity index (χ4v) is 1.33. The molecule has 0 unspecified atom stereocenters. The zero-order valence-electron chi connectivity index (χ0n) is 9.97. The average molecular weight is 216 g/mol. The van der Waals surface area contributed by atoms with Crippen molar-refractivity contribution in [1.29, 1.82) is 0 Å². The molecule has 0 aliphatic rings. The van der Waals surface area contributed by atoms with Crippen LogP contribution in [-0.4, -0.2) is 32.8 Å². The van der Waals surface area contributed by atoms with Crippen LogP contribution in [0.15, 0.2) is 0 Å². The van der Waals surface area contributed by atoms with Crippen molar-refractivity contribution in [3.05, 3.63) is 0 Å². The Kier molecular flexibility index (Phi) is 10.7. The Hall–Kier alpha value is -0.770. The van der Waals surface area contributed by atoms with Gasteiger partial charge in [-0.25, -0.2) is 4.79 Å². The summed E-state index contributed by atoms with van der Waals surface area (Å²) in [5, 5.41) is 5.51. The summed E-state index contributed by atoms with van der Waals surface area (Å²) in [4.78, 5) is 11.0. The first-order chi connectivity index (χ1) is 7.31. The second kappa shape index (κ2) is 11.3. The fourth-order valence-electron chi connectivity index (χ4n) is 1.33. The molecule has 0 aromatic carbocycles. The van der Waals surface area contributed by atoms with Crippen LogP contribution in [0.2, 0.25) is 0 Å². The van der Waals surface area contributed by atoms with E-state index >= 15 is 0 Å². The highest BCUT2D eigenvalue weighted by Gasteiger charge is 1.95. The molecule has 0 saturated carbocycles. The van der Waals surface area contributed by atoms with Crippen molar-refractivity contribution in [1.82, 2.24) is 10.6 Å². The lowest BCUT2D eigenvalue weighted by molar-refractivity contribution is 0.192. The van der Waals surface area contributed by atoms with Crippen molar-refractivity contribution in [3.8, 4) is 0 Å². The van der Waals surface area contributed by atoms with Crippen LogP contribution in [0, 0.1) is 0 Å². The number of carbonyl (C=O) groups excluding carboxylic acids is 1. The quantitative estimate of drug-likeness (QED) is 0.578. The van der Waals surface area contributed by atoms with E-state index in [1.165, 1.54) is 19.3 Å². The molecule has 0 aliphatic heterocycles. The maximum Gasteiger partial charge on any atom is 0.314 e. The van der Waals surface area contributed by atoms with Gasteiger partial charge in [0.2, 0.25) is 0 Å². The van der Waals surface area contributed by atoms with Crippen LogP contribution >= 0.6 is 0 Å². The van der Waals surface area contributed by atoms with Crippen LogP contribution in [0.5, 0.6) is 0 Å². The van der Waals surface area contributed by atoms with E-state index in [1.54, 1.807) is 7.11 Å². The van der Waals surface area contributed by atoms with Crippen LogP contribution in [0.1, 0.15) is 39.0 Å². The summed E-state index contributed by atoms with van der Waals surface area (Å²) >= 11 is 0. The van der Waals surface area contributed by atoms with Crippen LogP contribution < -0.4 is 10.6 Å². The van der Waals surface area contributed by atoms with Crippen molar-refractivity contribution in [2.45, 2.75) is 39.0 Å². The number of urea groups is 1. The van der Waals surface area contributed by atoms with Crippen LogP contribution in [0.3, 0.4) is 0 Å². The molecule has 4 heteroatoms. The Morgan fingerprint density at radius 2 is 1.73 bits per heavy atom. The Morgan fingerprint density at radius 1 is 1.07 bits per heavy atom. The van der Waals surface area contributed by atoms with E-state index in [1.807, 2.05) is 6.92 Å². The Balaban J connectivity index is 3.01. The van der Waals surface area contributed by atoms with E-state index in [4.69, 9.17) is 4.74 Å². The SMILES string of the molecule is CCNC(=O)NCCCCCCCOC. The minimum Gasteiger partial charge on any atom is -0.385 e. The highest BCUT2D eigenvalue weighted by Crippen LogP contribution is 2.02. The van der Waals surface area contributed by atoms with Gasteiger partial charge >= 0.3 is 6.03 Å². The second-order valence-electron chi connectivity index (χ2n) is 3.55. The molecule has 0 aromatic rings. The highest BCUT2D eigenvalue weighted by molar-refractivity contribution is 5.73. The third kappa shape index (κ3) is 11.2. The van der Waals surface area contributed by atoms with Crippen molar-refractivity contribution < 1.29 is 9.53 Å². The molecule has 2 N–H and O–H groups in total. The number of hydrogen-bond acceptors (Lipinski definition) is 2. The number of rotatable bonds is 9. The molecule has 0 radical (unpaired) electrons. The smallest absolute Gasteiger partial charge is 0.314 e. The number of amides is 2. The second-order valence-corrected chi connectivity index (χ2v) is 3.55. The summed E-state index contributed by atoms with van der Waals surface area (Å²) in [6.45, 7) is 4.23. The summed E-state index contributed by atoms with van der Waals surface area (Å²) < 4.78 is 4.96. The van der Waals surface area contributed by atoms with Gasteiger partial charge in [0.15, 0.2) is 0 Å². The monoisotopic (exact) mass is 216 g/mol. The van der Waals surface area contributed by atoms with E-state index in [2.05, 4.69) is 10.6 Å². The first-order valence-corrected chi connectivity index (χ1v) is 5.82. The molecule has 4 nitrogen and oxygen atoms in total. The van der Waals surface area contributed by atoms with Gasteiger partial charge in [0.1, 0.15) is 0 Å². The minimum atomic E-state index is -0.0584. The summed E-state index contributed by atoms with van der Waals surface area (Å²) in [6.07, 6.45) is 5.82. The zero-order valence-corrected chi connectivity index (χ0v) is 9.97. The van der Waals surface area contributed by atoms with Crippen molar-refractivity contribution in [2.24, 2.45) is 0 Å². The minimum absolute atomic E-state index is 0.0584. The molecule has 0 bridgehead atoms. The lowest BCUT2D eigenvalue weighted by Gasteiger charge is -2.05. The van der Waals surface area contributed by atoms with Gasteiger partial charge in [-0.2, -0.15) is 0 Å². The molecule has 2 amide bonds. The van der Waals surface area contributed by atoms with Gasteiger partial charge in [0.05, 0.1) is 0 Å². The lowest BCUT2D eigenvalue weighted by Crippen LogP contribution is -2.35. The number of hydrogen-bond donors (Lipinski definition) is 2. The van der Waals surface area contributed by atoms with Crippen LogP contribution in [0.25, 0.3) is 0 Å². The first kappa shape index (κ1) is 14.2. The predicted molar refractivity (Wildman–Crippen MR) is 62.0 cm³/mol. The number of carbonyl (C=O) groups is 1. The largest absolute Gasteiger partial charge is 0.385 e. The third-order valence-corrected chi connectivity index (χ3v) is 2.15. The standard InChI is InChI=1S/C11H24N2O2/c1-3-12-11(14)13-9-7-5-4-6-8-10-15-2/h3-10H2,1-2H3,(H2,12,13,14). The molecule has 90 valence electrons. The van der Waals surface area contributed by atoms with E-state index in [-0.39, 0.29) is 6.03 Å². The molecular weight excluding hydrogens is 192 g/mol. The van der Waals surface area contributed by atoms with E-state index in [0.29, 0.717) is 6.54 Å². The number of nitrogens with one attached hydrogen (secondary N) is 2. The van der Waals surface area contributed by atoms with Crippen LogP contribution in [0.4, 0.5) is 4.79 Å². The van der Waals surface area contributed by atoms with Crippen molar-refractivity contribution in [2.75, 3.05) is 26.8 Å². The molecule has 0 heterocycles. The molecule has 15 heavy (non-hydrogen) atoms. The molecule has 0 saturated heterocycles. The van der Waals surface area contributed by atoms with E-state index in [0.717, 1.165) is 26.0 Å². The van der Waals surface area contributed by atoms with E-state index in [9.17, 15) is 4.79 Å². The number of ether oxygens (including phenoxy) is 1. The summed E-state index contributed by atoms with van der Waals surface area (Å²) in [5.41, 5.74) is 0. The maximum atomic E-state index is 11.0. The molecular formula is C11H24N2O2. The first-order valence-electron chi connectivity index (χ1n) is 5.82. The van der Waals surface area contributed by atoms with Gasteiger partial charge in [-0.3, -0.25) is 0 Å². The zero-order chi connectivity index (χ0) is 11.4. The normalized spacial score (nSPS) is 10.0. The average Bonchev–Trinajstić information content (AvgIpc) is 2.22. The van der Waals surface area contributed by atoms with Crippen LogP contribution in [-0.2, 0) is 4.74 Å². The van der Waals surface area contributed by atoms with Crippen molar-refractivity contribution in [3.63, 3.8) is 0 Å². The highest BCUT2D eigenvalue weighted by atomic mass is 16.5. The summed E-state index contributed by atoms with van der Waals surface area (Å²) in [6, 6.07) is -0.0584. The van der Waals surface area contributed by atoms with Gasteiger partial charge in [0, 0.05) is 26.8 Å². The van der Waals surface area contributed by atoms with Gasteiger partial charge < -0.3 is 15.4 Å². The number of methoxy groups -OCH3 is 1. The third-order valence-electron chi connectivity index (χ3n) is 2.15. The Labute approximate surface area is 92.8 Å². The van der Waals surface area contributed by atoms with E-state index < -0.39 is 0 Å². The molecule has 0 fully saturated rings. The molecule has 0 aromatic heterocycles. The van der Waals surface area contributed by atoms with Gasteiger partial charge in [-0.05, 0) is 19.8 Å². The van der Waals surface area contributed by atoms with Crippen molar-refractivity contribution >= 4 is 6.03 Å².